The summed E-state index contributed by atoms with van der Waals surface area (Å²) in [5, 5.41) is 41.3. The van der Waals surface area contributed by atoms with Crippen LogP contribution in [0.5, 0.6) is 0 Å². The van der Waals surface area contributed by atoms with E-state index in [1.165, 1.54) is 7.05 Å². The summed E-state index contributed by atoms with van der Waals surface area (Å²) in [6.07, 6.45) is -7.80. The molecule has 0 bridgehead atoms. The highest BCUT2D eigenvalue weighted by molar-refractivity contribution is 5.90. The Morgan fingerprint density at radius 2 is 1.68 bits per heavy atom. The molecule has 0 aliphatic carbocycles. The van der Waals surface area contributed by atoms with E-state index in [2.05, 4.69) is 5.32 Å². The molecule has 13 heteroatoms. The van der Waals surface area contributed by atoms with Crippen molar-refractivity contribution in [1.82, 2.24) is 4.90 Å². The molecule has 2 unspecified atom stereocenters. The third-order valence-corrected chi connectivity index (χ3v) is 5.69. The van der Waals surface area contributed by atoms with E-state index >= 15 is 0 Å². The Balaban J connectivity index is 0.00000352. The zero-order valence-corrected chi connectivity index (χ0v) is 22.4. The normalized spacial score (nSPS) is 23.6. The Morgan fingerprint density at radius 3 is 2.21 bits per heavy atom. The minimum atomic E-state index is -1.56. The number of ether oxygens (including phenoxy) is 3. The first-order valence-corrected chi connectivity index (χ1v) is 12.5. The number of carbonyl (C=O) groups is 3. The number of nitrogens with one attached hydrogen (secondary N) is 1. The molecule has 1 aliphatic heterocycles. The van der Waals surface area contributed by atoms with Crippen molar-refractivity contribution in [3.8, 4) is 0 Å². The fraction of sp³-hybridized carbons (Fsp3) is 0.640. The molecule has 1 aromatic carbocycles. The molecule has 1 fully saturated rings. The fourth-order valence-corrected chi connectivity index (χ4v) is 3.71. The van der Waals surface area contributed by atoms with Gasteiger partial charge in [-0.25, -0.2) is 4.79 Å². The van der Waals surface area contributed by atoms with E-state index in [9.17, 15) is 34.8 Å². The monoisotopic (exact) mass is 543 g/mol. The zero-order valence-electron chi connectivity index (χ0n) is 22.4. The summed E-state index contributed by atoms with van der Waals surface area (Å²) in [6.45, 7) is 6.76. The van der Waals surface area contributed by atoms with Crippen molar-refractivity contribution in [3.63, 3.8) is 0 Å². The van der Waals surface area contributed by atoms with Crippen molar-refractivity contribution in [3.05, 3.63) is 29.8 Å². The van der Waals surface area contributed by atoms with Crippen LogP contribution in [0, 0.1) is 5.92 Å². The molecular formula is C25H41N3O10. The second-order valence-corrected chi connectivity index (χ2v) is 8.82. The molecule has 7 N–H and O–H groups in total. The summed E-state index contributed by atoms with van der Waals surface area (Å²) in [7, 11) is 1.44. The van der Waals surface area contributed by atoms with E-state index in [1.54, 1.807) is 38.1 Å². The minimum Gasteiger partial charge on any atom is -0.445 e. The first-order chi connectivity index (χ1) is 18.0. The number of nitrogens with zero attached hydrogens (tertiary/aromatic N) is 1. The molecule has 3 amide bonds. The van der Waals surface area contributed by atoms with Crippen LogP contribution in [-0.4, -0.2) is 100 Å². The predicted molar refractivity (Wildman–Crippen MR) is 137 cm³/mol. The van der Waals surface area contributed by atoms with Gasteiger partial charge in [0.2, 0.25) is 11.8 Å². The van der Waals surface area contributed by atoms with E-state index < -0.39 is 61.3 Å². The molecule has 0 spiro atoms. The van der Waals surface area contributed by atoms with Gasteiger partial charge in [0.05, 0.1) is 19.6 Å². The van der Waals surface area contributed by atoms with Gasteiger partial charge in [0.1, 0.15) is 37.1 Å². The molecule has 0 aromatic heterocycles. The summed E-state index contributed by atoms with van der Waals surface area (Å²) in [5.41, 5.74) is 6.49. The standard InChI is InChI=1S/C23H35N3O10.C2H6/c1-12(2)17(21(24)32)26(3)23(33)35-11-13-4-6-14(7-5-13)25-16(28)8-9-34-22-20(31)19(30)18(29)15(10-27)36-22;1-2/h4-7,12,15,17-20,22,27,29-31H,8-11H2,1-3H3,(H2,24,32)(H,25,28);1-2H3/t15-,17+,18?,19+,20?,22-;/m1./s1. The topological polar surface area (TPSA) is 201 Å². The number of hydrogen-bond donors (Lipinski definition) is 6. The quantitative estimate of drug-likeness (QED) is 0.219. The van der Waals surface area contributed by atoms with E-state index in [0.717, 1.165) is 4.90 Å². The Bertz CT molecular complexity index is 881. The summed E-state index contributed by atoms with van der Waals surface area (Å²) < 4.78 is 15.7. The lowest BCUT2D eigenvalue weighted by Crippen LogP contribution is -2.59. The molecule has 1 saturated heterocycles. The fourth-order valence-electron chi connectivity index (χ4n) is 3.71. The number of anilines is 1. The Labute approximate surface area is 222 Å². The summed E-state index contributed by atoms with van der Waals surface area (Å²) in [6, 6.07) is 5.75. The van der Waals surface area contributed by atoms with Crippen molar-refractivity contribution in [1.29, 1.82) is 0 Å². The molecule has 1 heterocycles. The predicted octanol–water partition coefficient (Wildman–Crippen LogP) is -0.0638. The van der Waals surface area contributed by atoms with Crippen LogP contribution in [0.1, 0.15) is 39.7 Å². The molecule has 6 atom stereocenters. The lowest BCUT2D eigenvalue weighted by atomic mass is 9.99. The highest BCUT2D eigenvalue weighted by Crippen LogP contribution is 2.22. The second kappa shape index (κ2) is 16.2. The van der Waals surface area contributed by atoms with E-state index in [0.29, 0.717) is 11.3 Å². The number of primary amides is 1. The van der Waals surface area contributed by atoms with Crippen molar-refractivity contribution in [2.24, 2.45) is 11.7 Å². The lowest BCUT2D eigenvalue weighted by molar-refractivity contribution is -0.300. The number of nitrogens with two attached hydrogens (primary N) is 1. The smallest absolute Gasteiger partial charge is 0.410 e. The van der Waals surface area contributed by atoms with Gasteiger partial charge in [0.25, 0.3) is 0 Å². The van der Waals surface area contributed by atoms with E-state index in [1.807, 2.05) is 13.8 Å². The number of aliphatic hydroxyl groups excluding tert-OH is 4. The van der Waals surface area contributed by atoms with Gasteiger partial charge in [0, 0.05) is 12.7 Å². The third-order valence-electron chi connectivity index (χ3n) is 5.69. The van der Waals surface area contributed by atoms with Gasteiger partial charge in [-0.05, 0) is 23.6 Å². The van der Waals surface area contributed by atoms with Gasteiger partial charge in [-0.15, -0.1) is 0 Å². The van der Waals surface area contributed by atoms with Gasteiger partial charge < -0.3 is 45.7 Å². The Morgan fingerprint density at radius 1 is 1.08 bits per heavy atom. The van der Waals surface area contributed by atoms with Crippen LogP contribution < -0.4 is 11.1 Å². The van der Waals surface area contributed by atoms with Crippen LogP contribution in [0.15, 0.2) is 24.3 Å². The van der Waals surface area contributed by atoms with Gasteiger partial charge in [0.15, 0.2) is 6.29 Å². The second-order valence-electron chi connectivity index (χ2n) is 8.82. The molecule has 38 heavy (non-hydrogen) atoms. The largest absolute Gasteiger partial charge is 0.445 e. The number of benzene rings is 1. The Kier molecular flexibility index (Phi) is 14.2. The van der Waals surface area contributed by atoms with Crippen molar-refractivity contribution < 1.29 is 49.0 Å². The van der Waals surface area contributed by atoms with Crippen LogP contribution in [0.25, 0.3) is 0 Å². The number of rotatable bonds is 11. The molecule has 0 radical (unpaired) electrons. The maximum atomic E-state index is 12.2. The highest BCUT2D eigenvalue weighted by atomic mass is 16.7. The lowest BCUT2D eigenvalue weighted by Gasteiger charge is -2.39. The minimum absolute atomic E-state index is 0.0477. The van der Waals surface area contributed by atoms with Crippen LogP contribution in [0.3, 0.4) is 0 Å². The number of likely N-dealkylation sites (N-methyl/N-ethyl adjacent to an activating group) is 1. The molecule has 2 rings (SSSR count). The molecule has 1 aliphatic rings. The van der Waals surface area contributed by atoms with Gasteiger partial charge >= 0.3 is 6.09 Å². The summed E-state index contributed by atoms with van der Waals surface area (Å²) in [5.74, 6) is -1.19. The van der Waals surface area contributed by atoms with Crippen LogP contribution in [-0.2, 0) is 30.4 Å². The van der Waals surface area contributed by atoms with Crippen molar-refractivity contribution in [2.75, 3.05) is 25.6 Å². The van der Waals surface area contributed by atoms with Crippen molar-refractivity contribution >= 4 is 23.6 Å². The summed E-state index contributed by atoms with van der Waals surface area (Å²) >= 11 is 0. The van der Waals surface area contributed by atoms with E-state index in [-0.39, 0.29) is 25.6 Å². The zero-order chi connectivity index (χ0) is 29.0. The van der Waals surface area contributed by atoms with Crippen molar-refractivity contribution in [2.45, 2.75) is 77.5 Å². The average Bonchev–Trinajstić information content (AvgIpc) is 2.88. The third kappa shape index (κ3) is 9.49. The first-order valence-electron chi connectivity index (χ1n) is 12.5. The molecule has 216 valence electrons. The van der Waals surface area contributed by atoms with Crippen LogP contribution >= 0.6 is 0 Å². The van der Waals surface area contributed by atoms with Crippen LogP contribution in [0.4, 0.5) is 10.5 Å². The average molecular weight is 544 g/mol. The molecule has 0 saturated carbocycles. The first kappa shape index (κ1) is 33.2. The molecule has 13 nitrogen and oxygen atoms in total. The summed E-state index contributed by atoms with van der Waals surface area (Å²) in [4.78, 5) is 37.2. The highest BCUT2D eigenvalue weighted by Gasteiger charge is 2.44. The van der Waals surface area contributed by atoms with Gasteiger partial charge in [-0.2, -0.15) is 0 Å². The van der Waals surface area contributed by atoms with Gasteiger partial charge in [-0.1, -0.05) is 39.8 Å². The van der Waals surface area contributed by atoms with E-state index in [4.69, 9.17) is 19.9 Å². The van der Waals surface area contributed by atoms with Gasteiger partial charge in [-0.3, -0.25) is 14.5 Å². The number of aliphatic hydroxyl groups is 4. The molecular weight excluding hydrogens is 502 g/mol. The number of hydrogen-bond acceptors (Lipinski definition) is 10. The Hall–Kier alpha value is -2.81. The number of amides is 3. The van der Waals surface area contributed by atoms with Crippen LogP contribution in [0.2, 0.25) is 0 Å². The number of carbonyl (C=O) groups excluding carboxylic acids is 3. The SMILES string of the molecule is CC.CC(C)[C@@H](C(N)=O)N(C)C(=O)OCc1ccc(NC(=O)CCO[C@@H]2O[C@H](CO)C(O)[C@H](O)C2O)cc1. The maximum absolute atomic E-state index is 12.2. The molecule has 1 aromatic rings. The maximum Gasteiger partial charge on any atom is 0.410 e.